The van der Waals surface area contributed by atoms with Crippen molar-refractivity contribution in [2.24, 2.45) is 0 Å². The van der Waals surface area contributed by atoms with Crippen LogP contribution in [0.25, 0.3) is 0 Å². The zero-order valence-corrected chi connectivity index (χ0v) is 15.1. The van der Waals surface area contributed by atoms with Crippen molar-refractivity contribution in [3.63, 3.8) is 0 Å². The number of methoxy groups -OCH3 is 1. The van der Waals surface area contributed by atoms with Crippen LogP contribution in [-0.4, -0.2) is 49.0 Å². The van der Waals surface area contributed by atoms with Gasteiger partial charge in [-0.3, -0.25) is 0 Å². The Kier molecular flexibility index (Phi) is 5.19. The molecule has 8 heteroatoms. The number of ether oxygens (including phenoxy) is 2. The van der Waals surface area contributed by atoms with Crippen LogP contribution in [0.15, 0.2) is 41.7 Å². The number of aromatic nitrogens is 2. The maximum absolute atomic E-state index is 13.1. The molecule has 1 aliphatic heterocycles. The molecule has 0 saturated carbocycles. The Morgan fingerprint density at radius 1 is 1.28 bits per heavy atom. The van der Waals surface area contributed by atoms with Crippen molar-refractivity contribution < 1.29 is 17.9 Å². The number of benzene rings is 1. The highest BCUT2D eigenvalue weighted by molar-refractivity contribution is 7.89. The van der Waals surface area contributed by atoms with Crippen LogP contribution >= 0.6 is 0 Å². The van der Waals surface area contributed by atoms with Crippen LogP contribution < -0.4 is 9.47 Å². The number of nitrogens with zero attached hydrogens (tertiary/aromatic N) is 3. The third kappa shape index (κ3) is 3.91. The molecule has 1 aromatic carbocycles. The van der Waals surface area contributed by atoms with Crippen molar-refractivity contribution in [2.75, 3.05) is 20.2 Å². The summed E-state index contributed by atoms with van der Waals surface area (Å²) < 4.78 is 38.7. The summed E-state index contributed by atoms with van der Waals surface area (Å²) >= 11 is 0. The highest BCUT2D eigenvalue weighted by Crippen LogP contribution is 2.30. The molecule has 0 spiro atoms. The Hall–Kier alpha value is -2.19. The van der Waals surface area contributed by atoms with E-state index in [0.29, 0.717) is 18.2 Å². The molecule has 25 heavy (non-hydrogen) atoms. The number of piperidine rings is 1. The molecule has 2 heterocycles. The van der Waals surface area contributed by atoms with Crippen LogP contribution in [0.5, 0.6) is 11.6 Å². The lowest BCUT2D eigenvalue weighted by molar-refractivity contribution is 0.124. The van der Waals surface area contributed by atoms with Crippen LogP contribution in [0, 0.1) is 6.92 Å². The lowest BCUT2D eigenvalue weighted by Gasteiger charge is -2.32. The summed E-state index contributed by atoms with van der Waals surface area (Å²) in [6.45, 7) is 2.60. The van der Waals surface area contributed by atoms with Crippen molar-refractivity contribution in [3.8, 4) is 11.6 Å². The van der Waals surface area contributed by atoms with Gasteiger partial charge >= 0.3 is 0 Å². The molecule has 7 nitrogen and oxygen atoms in total. The quantitative estimate of drug-likeness (QED) is 0.808. The zero-order valence-electron chi connectivity index (χ0n) is 14.3. The van der Waals surface area contributed by atoms with Gasteiger partial charge in [0.1, 0.15) is 23.1 Å². The van der Waals surface area contributed by atoms with Gasteiger partial charge < -0.3 is 9.47 Å². The number of rotatable bonds is 5. The maximum atomic E-state index is 13.1. The summed E-state index contributed by atoms with van der Waals surface area (Å²) in [5.74, 6) is 0.803. The van der Waals surface area contributed by atoms with E-state index >= 15 is 0 Å². The van der Waals surface area contributed by atoms with Crippen LogP contribution in [0.2, 0.25) is 0 Å². The summed E-state index contributed by atoms with van der Waals surface area (Å²) in [4.78, 5) is 8.08. The summed E-state index contributed by atoms with van der Waals surface area (Å²) in [5.41, 5.74) is 0.866. The molecule has 0 bridgehead atoms. The van der Waals surface area contributed by atoms with E-state index in [2.05, 4.69) is 9.97 Å². The standard InChI is InChI=1S/C17H21N3O4S/c1-13-5-6-15(23-2)16(10-13)25(21,22)20-9-3-4-14(11-20)24-17-7-8-18-12-19-17/h5-8,10,12,14H,3-4,9,11H2,1-2H3. The summed E-state index contributed by atoms with van der Waals surface area (Å²) in [5, 5.41) is 0. The van der Waals surface area contributed by atoms with E-state index in [9.17, 15) is 8.42 Å². The fraction of sp³-hybridized carbons (Fsp3) is 0.412. The van der Waals surface area contributed by atoms with Gasteiger partial charge in [0, 0.05) is 18.8 Å². The van der Waals surface area contributed by atoms with E-state index in [-0.39, 0.29) is 17.5 Å². The van der Waals surface area contributed by atoms with E-state index in [1.807, 2.05) is 13.0 Å². The number of hydrogen-bond acceptors (Lipinski definition) is 6. The molecule has 0 amide bonds. The minimum atomic E-state index is -3.66. The second kappa shape index (κ2) is 7.37. The molecular weight excluding hydrogens is 342 g/mol. The topological polar surface area (TPSA) is 81.6 Å². The van der Waals surface area contributed by atoms with E-state index < -0.39 is 10.0 Å². The van der Waals surface area contributed by atoms with Crippen LogP contribution in [0.4, 0.5) is 0 Å². The van der Waals surface area contributed by atoms with E-state index in [4.69, 9.17) is 9.47 Å². The Morgan fingerprint density at radius 3 is 2.84 bits per heavy atom. The first kappa shape index (κ1) is 17.6. The van der Waals surface area contributed by atoms with Crippen LogP contribution in [-0.2, 0) is 10.0 Å². The highest BCUT2D eigenvalue weighted by atomic mass is 32.2. The first-order chi connectivity index (χ1) is 12.0. The minimum Gasteiger partial charge on any atom is -0.495 e. The van der Waals surface area contributed by atoms with Crippen LogP contribution in [0.3, 0.4) is 0 Å². The molecule has 1 aliphatic rings. The third-order valence-electron chi connectivity index (χ3n) is 4.12. The molecule has 0 radical (unpaired) electrons. The summed E-state index contributed by atoms with van der Waals surface area (Å²) in [6.07, 6.45) is 4.26. The molecule has 0 aliphatic carbocycles. The SMILES string of the molecule is COc1ccc(C)cc1S(=O)(=O)N1CCCC(Oc2ccncn2)C1. The molecule has 134 valence electrons. The predicted octanol–water partition coefficient (Wildman–Crippen LogP) is 2.03. The number of aryl methyl sites for hydroxylation is 1. The smallest absolute Gasteiger partial charge is 0.246 e. The molecule has 2 aromatic rings. The Balaban J connectivity index is 1.81. The molecule has 1 unspecified atom stereocenters. The van der Waals surface area contributed by atoms with E-state index in [0.717, 1.165) is 18.4 Å². The Morgan fingerprint density at radius 2 is 2.12 bits per heavy atom. The summed E-state index contributed by atoms with van der Waals surface area (Å²) in [7, 11) is -2.18. The fourth-order valence-corrected chi connectivity index (χ4v) is 4.61. The van der Waals surface area contributed by atoms with Crippen molar-refractivity contribution in [1.29, 1.82) is 0 Å². The van der Waals surface area contributed by atoms with Crippen molar-refractivity contribution in [3.05, 3.63) is 42.4 Å². The third-order valence-corrected chi connectivity index (χ3v) is 6.01. The van der Waals surface area contributed by atoms with Gasteiger partial charge in [0.05, 0.1) is 13.7 Å². The van der Waals surface area contributed by atoms with Crippen molar-refractivity contribution in [2.45, 2.75) is 30.8 Å². The maximum Gasteiger partial charge on any atom is 0.246 e. The normalized spacial score (nSPS) is 18.7. The van der Waals surface area contributed by atoms with Gasteiger partial charge in [0.2, 0.25) is 15.9 Å². The number of hydrogen-bond donors (Lipinski definition) is 0. The van der Waals surface area contributed by atoms with Crippen molar-refractivity contribution in [1.82, 2.24) is 14.3 Å². The monoisotopic (exact) mass is 363 g/mol. The lowest BCUT2D eigenvalue weighted by atomic mass is 10.1. The fourth-order valence-electron chi connectivity index (χ4n) is 2.86. The first-order valence-corrected chi connectivity index (χ1v) is 9.52. The van der Waals surface area contributed by atoms with Crippen LogP contribution in [0.1, 0.15) is 18.4 Å². The second-order valence-corrected chi connectivity index (χ2v) is 7.85. The Bertz CT molecular complexity index is 827. The average Bonchev–Trinajstić information content (AvgIpc) is 2.63. The largest absolute Gasteiger partial charge is 0.495 e. The lowest BCUT2D eigenvalue weighted by Crippen LogP contribution is -2.44. The molecule has 0 N–H and O–H groups in total. The molecule has 1 saturated heterocycles. The van der Waals surface area contributed by atoms with Gasteiger partial charge in [0.15, 0.2) is 0 Å². The first-order valence-electron chi connectivity index (χ1n) is 8.08. The zero-order chi connectivity index (χ0) is 17.9. The van der Waals surface area contributed by atoms with E-state index in [1.54, 1.807) is 24.4 Å². The minimum absolute atomic E-state index is 0.192. The van der Waals surface area contributed by atoms with Gasteiger partial charge in [-0.25, -0.2) is 18.4 Å². The van der Waals surface area contributed by atoms with Gasteiger partial charge in [-0.2, -0.15) is 4.31 Å². The molecular formula is C17H21N3O4S. The number of sulfonamides is 1. The summed E-state index contributed by atoms with van der Waals surface area (Å²) in [6, 6.07) is 6.82. The Labute approximate surface area is 147 Å². The highest BCUT2D eigenvalue weighted by Gasteiger charge is 2.33. The second-order valence-electron chi connectivity index (χ2n) is 5.95. The van der Waals surface area contributed by atoms with Gasteiger partial charge in [0.25, 0.3) is 0 Å². The average molecular weight is 363 g/mol. The van der Waals surface area contributed by atoms with Gasteiger partial charge in [-0.1, -0.05) is 6.07 Å². The van der Waals surface area contributed by atoms with Gasteiger partial charge in [-0.15, -0.1) is 0 Å². The van der Waals surface area contributed by atoms with Gasteiger partial charge in [-0.05, 0) is 37.5 Å². The molecule has 3 rings (SSSR count). The van der Waals surface area contributed by atoms with Crippen molar-refractivity contribution >= 4 is 10.0 Å². The molecule has 1 fully saturated rings. The molecule has 1 aromatic heterocycles. The molecule has 1 atom stereocenters. The van der Waals surface area contributed by atoms with E-state index in [1.165, 1.54) is 17.7 Å². The predicted molar refractivity (Wildman–Crippen MR) is 92.2 cm³/mol.